The minimum absolute atomic E-state index is 0.0934. The summed E-state index contributed by atoms with van der Waals surface area (Å²) >= 11 is 0. The number of nitro groups is 1. The second-order valence-corrected chi connectivity index (χ2v) is 11.9. The fraction of sp³-hybridized carbons (Fsp3) is 0.333. The van der Waals surface area contributed by atoms with Crippen molar-refractivity contribution in [3.63, 3.8) is 0 Å². The van der Waals surface area contributed by atoms with Crippen molar-refractivity contribution >= 4 is 33.2 Å². The number of ether oxygens (including phenoxy) is 1. The first-order valence-electron chi connectivity index (χ1n) is 13.5. The molecule has 0 saturated heterocycles. The zero-order chi connectivity index (χ0) is 31.9. The molecule has 0 fully saturated rings. The smallest absolute Gasteiger partial charge is 0.273 e. The summed E-state index contributed by atoms with van der Waals surface area (Å²) in [4.78, 5) is 38.8. The van der Waals surface area contributed by atoms with Gasteiger partial charge in [-0.05, 0) is 75.2 Å². The predicted molar refractivity (Wildman–Crippen MR) is 160 cm³/mol. The maximum absolute atomic E-state index is 14.0. The summed E-state index contributed by atoms with van der Waals surface area (Å²) in [7, 11) is -3.09. The molecule has 3 rings (SSSR count). The third kappa shape index (κ3) is 8.07. The zero-order valence-electron chi connectivity index (χ0n) is 24.6. The lowest BCUT2D eigenvalue weighted by atomic mass is 10.1. The Bertz CT molecular complexity index is 1560. The summed E-state index contributed by atoms with van der Waals surface area (Å²) in [5.74, 6) is -1.21. The molecule has 0 unspecified atom stereocenters. The van der Waals surface area contributed by atoms with E-state index in [1.54, 1.807) is 0 Å². The fourth-order valence-electron chi connectivity index (χ4n) is 4.19. The monoisotopic (exact) mass is 614 g/mol. The highest BCUT2D eigenvalue weighted by Gasteiger charge is 2.33. The number of amides is 2. The Hall–Kier alpha value is -4.52. The maximum Gasteiger partial charge on any atom is 0.273 e. The normalized spacial score (nSPS) is 12.6. The van der Waals surface area contributed by atoms with E-state index in [2.05, 4.69) is 5.32 Å². The third-order valence-corrected chi connectivity index (χ3v) is 8.81. The molecule has 0 aliphatic rings. The molecule has 0 heterocycles. The number of halogens is 1. The van der Waals surface area contributed by atoms with Gasteiger partial charge in [-0.1, -0.05) is 25.1 Å². The third-order valence-electron chi connectivity index (χ3n) is 7.04. The van der Waals surface area contributed by atoms with Gasteiger partial charge in [0.1, 0.15) is 24.2 Å². The second kappa shape index (κ2) is 14.1. The van der Waals surface area contributed by atoms with Crippen LogP contribution >= 0.6 is 0 Å². The van der Waals surface area contributed by atoms with Gasteiger partial charge in [0.25, 0.3) is 15.7 Å². The number of nitrogens with zero attached hydrogens (tertiary/aromatic N) is 3. The Balaban J connectivity index is 2.08. The van der Waals surface area contributed by atoms with Crippen molar-refractivity contribution in [1.82, 2.24) is 10.2 Å². The van der Waals surface area contributed by atoms with E-state index in [-0.39, 0.29) is 28.7 Å². The van der Waals surface area contributed by atoms with Gasteiger partial charge in [-0.15, -0.1) is 0 Å². The summed E-state index contributed by atoms with van der Waals surface area (Å²) in [5.41, 5.74) is 0.486. The van der Waals surface area contributed by atoms with Crippen molar-refractivity contribution in [3.8, 4) is 5.75 Å². The quantitative estimate of drug-likeness (QED) is 0.220. The van der Waals surface area contributed by atoms with Crippen molar-refractivity contribution in [2.45, 2.75) is 57.6 Å². The number of hydrogen-bond acceptors (Lipinski definition) is 7. The fourth-order valence-corrected chi connectivity index (χ4v) is 5.62. The van der Waals surface area contributed by atoms with Gasteiger partial charge in [0.2, 0.25) is 11.8 Å². The van der Waals surface area contributed by atoms with E-state index < -0.39 is 50.9 Å². The lowest BCUT2D eigenvalue weighted by Gasteiger charge is -2.32. The average molecular weight is 615 g/mol. The molecular formula is C30H35FN4O7S. The number of hydrogen-bond donors (Lipinski definition) is 1. The van der Waals surface area contributed by atoms with Gasteiger partial charge < -0.3 is 15.0 Å². The standard InChI is InChI=1S/C30H35FN4O7S/c1-6-21(3)32-30(37)22(4)33(18-23-8-10-24(31)11-9-23)29(36)19-34(25-12-14-26(42-5)15-13-25)43(40,41)27-16-7-20(2)28(17-27)35(38)39/h7-17,21-22H,6,18-19H2,1-5H3,(H,32,37)/t21-,22-/m0/s1. The molecule has 13 heteroatoms. The van der Waals surface area contributed by atoms with E-state index in [4.69, 9.17) is 4.74 Å². The largest absolute Gasteiger partial charge is 0.497 e. The summed E-state index contributed by atoms with van der Waals surface area (Å²) in [6.45, 7) is 5.87. The molecule has 0 aromatic heterocycles. The highest BCUT2D eigenvalue weighted by Crippen LogP contribution is 2.29. The van der Waals surface area contributed by atoms with Gasteiger partial charge in [0.15, 0.2) is 0 Å². The SMILES string of the molecule is CC[C@H](C)NC(=O)[C@H](C)N(Cc1ccc(F)cc1)C(=O)CN(c1ccc(OC)cc1)S(=O)(=O)c1ccc(C)c([N+](=O)[O-])c1. The van der Waals surface area contributed by atoms with Gasteiger partial charge >= 0.3 is 0 Å². The van der Waals surface area contributed by atoms with Gasteiger partial charge in [-0.25, -0.2) is 12.8 Å². The molecule has 0 saturated carbocycles. The van der Waals surface area contributed by atoms with Crippen LogP contribution in [0, 0.1) is 22.9 Å². The van der Waals surface area contributed by atoms with Crippen LogP contribution in [0.3, 0.4) is 0 Å². The van der Waals surface area contributed by atoms with Crippen molar-refractivity contribution in [1.29, 1.82) is 0 Å². The Morgan fingerprint density at radius 2 is 1.67 bits per heavy atom. The minimum Gasteiger partial charge on any atom is -0.497 e. The number of rotatable bonds is 13. The summed E-state index contributed by atoms with van der Waals surface area (Å²) in [6.07, 6.45) is 0.649. The van der Waals surface area contributed by atoms with E-state index in [0.29, 0.717) is 17.7 Å². The van der Waals surface area contributed by atoms with E-state index in [0.717, 1.165) is 10.4 Å². The van der Waals surface area contributed by atoms with Crippen molar-refractivity contribution in [3.05, 3.63) is 93.8 Å². The highest BCUT2D eigenvalue weighted by molar-refractivity contribution is 7.92. The van der Waals surface area contributed by atoms with E-state index in [1.807, 2.05) is 13.8 Å². The topological polar surface area (TPSA) is 139 Å². The maximum atomic E-state index is 14.0. The summed E-state index contributed by atoms with van der Waals surface area (Å²) in [6, 6.07) is 13.6. The lowest BCUT2D eigenvalue weighted by molar-refractivity contribution is -0.385. The van der Waals surface area contributed by atoms with Gasteiger partial charge in [-0.3, -0.25) is 24.0 Å². The molecule has 3 aromatic carbocycles. The number of aryl methyl sites for hydroxylation is 1. The summed E-state index contributed by atoms with van der Waals surface area (Å²) in [5, 5.41) is 14.4. The molecule has 43 heavy (non-hydrogen) atoms. The molecule has 0 aliphatic carbocycles. The molecule has 0 bridgehead atoms. The zero-order valence-corrected chi connectivity index (χ0v) is 25.4. The average Bonchev–Trinajstić information content (AvgIpc) is 2.98. The molecule has 0 radical (unpaired) electrons. The first kappa shape index (κ1) is 33.0. The van der Waals surface area contributed by atoms with Crippen LogP contribution in [0.5, 0.6) is 5.75 Å². The molecule has 230 valence electrons. The Morgan fingerprint density at radius 3 is 2.23 bits per heavy atom. The first-order valence-corrected chi connectivity index (χ1v) is 15.0. The van der Waals surface area contributed by atoms with Gasteiger partial charge in [0.05, 0.1) is 22.6 Å². The van der Waals surface area contributed by atoms with Crippen LogP contribution in [-0.4, -0.2) is 55.8 Å². The number of benzene rings is 3. The molecule has 0 aliphatic heterocycles. The van der Waals surface area contributed by atoms with E-state index in [9.17, 15) is 32.5 Å². The van der Waals surface area contributed by atoms with Crippen LogP contribution in [0.15, 0.2) is 71.6 Å². The van der Waals surface area contributed by atoms with E-state index in [1.165, 1.54) is 86.5 Å². The van der Waals surface area contributed by atoms with Crippen LogP contribution in [0.25, 0.3) is 0 Å². The molecule has 2 atom stereocenters. The number of nitrogens with one attached hydrogen (secondary N) is 1. The Kier molecular flexibility index (Phi) is 10.8. The Labute approximate surface area is 250 Å². The molecule has 3 aromatic rings. The minimum atomic E-state index is -4.53. The lowest BCUT2D eigenvalue weighted by Crippen LogP contribution is -2.52. The second-order valence-electron chi connectivity index (χ2n) is 10.1. The number of methoxy groups -OCH3 is 1. The van der Waals surface area contributed by atoms with Crippen LogP contribution < -0.4 is 14.4 Å². The van der Waals surface area contributed by atoms with Crippen LogP contribution in [0.2, 0.25) is 0 Å². The molecule has 2 amide bonds. The Morgan fingerprint density at radius 1 is 1.05 bits per heavy atom. The van der Waals surface area contributed by atoms with Crippen molar-refractivity contribution < 1.29 is 32.1 Å². The van der Waals surface area contributed by atoms with Crippen molar-refractivity contribution in [2.75, 3.05) is 18.0 Å². The molecule has 1 N–H and O–H groups in total. The molecule has 11 nitrogen and oxygen atoms in total. The van der Waals surface area contributed by atoms with E-state index >= 15 is 0 Å². The molecule has 0 spiro atoms. The number of carbonyl (C=O) groups is 2. The predicted octanol–water partition coefficient (Wildman–Crippen LogP) is 4.58. The summed E-state index contributed by atoms with van der Waals surface area (Å²) < 4.78 is 47.6. The van der Waals surface area contributed by atoms with Gasteiger partial charge in [0, 0.05) is 24.2 Å². The number of nitro benzene ring substituents is 1. The van der Waals surface area contributed by atoms with Crippen LogP contribution in [-0.2, 0) is 26.2 Å². The van der Waals surface area contributed by atoms with Crippen LogP contribution in [0.4, 0.5) is 15.8 Å². The van der Waals surface area contributed by atoms with Crippen LogP contribution in [0.1, 0.15) is 38.3 Å². The highest BCUT2D eigenvalue weighted by atomic mass is 32.2. The van der Waals surface area contributed by atoms with Crippen molar-refractivity contribution in [2.24, 2.45) is 0 Å². The first-order chi connectivity index (χ1) is 20.3. The number of sulfonamides is 1. The van der Waals surface area contributed by atoms with Gasteiger partial charge in [-0.2, -0.15) is 0 Å². The number of anilines is 1. The number of carbonyl (C=O) groups excluding carboxylic acids is 2. The molecular weight excluding hydrogens is 579 g/mol.